The van der Waals surface area contributed by atoms with Crippen LogP contribution in [0.15, 0.2) is 48.8 Å². The largest absolute Gasteiger partial charge is 0.487 e. The van der Waals surface area contributed by atoms with Gasteiger partial charge in [0.15, 0.2) is 5.78 Å². The summed E-state index contributed by atoms with van der Waals surface area (Å²) in [6.07, 6.45) is 3.10. The topological polar surface area (TPSA) is 52.1 Å². The number of ketones is 1. The van der Waals surface area contributed by atoms with Gasteiger partial charge in [-0.1, -0.05) is 12.1 Å². The third-order valence-electron chi connectivity index (χ3n) is 3.23. The molecule has 0 spiro atoms. The molecule has 3 aromatic rings. The highest BCUT2D eigenvalue weighted by atomic mass is 19.1. The van der Waals surface area contributed by atoms with Gasteiger partial charge in [-0.3, -0.25) is 14.8 Å². The van der Waals surface area contributed by atoms with Crippen molar-refractivity contribution in [3.8, 4) is 5.75 Å². The van der Waals surface area contributed by atoms with Crippen LogP contribution in [0.4, 0.5) is 4.39 Å². The summed E-state index contributed by atoms with van der Waals surface area (Å²) in [7, 11) is 0. The highest BCUT2D eigenvalue weighted by molar-refractivity contribution is 5.96. The van der Waals surface area contributed by atoms with E-state index >= 15 is 0 Å². The van der Waals surface area contributed by atoms with Crippen LogP contribution in [-0.2, 0) is 6.61 Å². The smallest absolute Gasteiger partial charge is 0.161 e. The van der Waals surface area contributed by atoms with Gasteiger partial charge in [0.2, 0.25) is 0 Å². The van der Waals surface area contributed by atoms with E-state index in [0.717, 1.165) is 5.56 Å². The molecule has 0 aliphatic carbocycles. The second-order valence-electron chi connectivity index (χ2n) is 4.90. The molecule has 3 rings (SSSR count). The van der Waals surface area contributed by atoms with Crippen molar-refractivity contribution in [2.75, 3.05) is 0 Å². The van der Waals surface area contributed by atoms with Crippen molar-refractivity contribution in [2.24, 2.45) is 0 Å². The number of fused-ring (bicyclic) bond motifs is 1. The molecule has 0 radical (unpaired) electrons. The van der Waals surface area contributed by atoms with Crippen LogP contribution >= 0.6 is 0 Å². The van der Waals surface area contributed by atoms with Crippen LogP contribution in [0, 0.1) is 5.82 Å². The summed E-state index contributed by atoms with van der Waals surface area (Å²) < 4.78 is 18.5. The number of carbonyl (C=O) groups excluding carboxylic acids is 1. The Balaban J connectivity index is 1.78. The molecule has 22 heavy (non-hydrogen) atoms. The highest BCUT2D eigenvalue weighted by Gasteiger charge is 2.05. The van der Waals surface area contributed by atoms with Crippen LogP contribution < -0.4 is 4.74 Å². The van der Waals surface area contributed by atoms with Crippen LogP contribution in [0.25, 0.3) is 11.0 Å². The monoisotopic (exact) mass is 296 g/mol. The molecule has 0 N–H and O–H groups in total. The molecule has 0 atom stereocenters. The lowest BCUT2D eigenvalue weighted by Gasteiger charge is -2.07. The molecule has 0 unspecified atom stereocenters. The van der Waals surface area contributed by atoms with Gasteiger partial charge >= 0.3 is 0 Å². The van der Waals surface area contributed by atoms with Gasteiger partial charge in [-0.2, -0.15) is 0 Å². The van der Waals surface area contributed by atoms with Crippen molar-refractivity contribution < 1.29 is 13.9 Å². The molecule has 2 aromatic heterocycles. The molecular weight excluding hydrogens is 283 g/mol. The number of pyridine rings is 2. The summed E-state index contributed by atoms with van der Waals surface area (Å²) in [5.74, 6) is 0.245. The first kappa shape index (κ1) is 14.1. The van der Waals surface area contributed by atoms with Crippen molar-refractivity contribution in [1.29, 1.82) is 0 Å². The molecule has 0 aliphatic heterocycles. The second-order valence-corrected chi connectivity index (χ2v) is 4.90. The van der Waals surface area contributed by atoms with Crippen molar-refractivity contribution in [3.63, 3.8) is 0 Å². The Bertz CT molecular complexity index is 832. The van der Waals surface area contributed by atoms with Gasteiger partial charge < -0.3 is 4.74 Å². The minimum atomic E-state index is -0.276. The fraction of sp³-hybridized carbons (Fsp3) is 0.118. The zero-order valence-corrected chi connectivity index (χ0v) is 11.9. The summed E-state index contributed by atoms with van der Waals surface area (Å²) in [4.78, 5) is 19.8. The SMILES string of the molecule is CC(=O)c1cnc2cc(OCc3ccc(F)cc3)cnc2c1. The van der Waals surface area contributed by atoms with Crippen LogP contribution in [0.1, 0.15) is 22.8 Å². The molecule has 0 fully saturated rings. The maximum atomic E-state index is 12.8. The standard InChI is InChI=1S/C17H13FN2O2/c1-11(21)13-6-16-17(19-8-13)7-15(9-20-16)22-10-12-2-4-14(18)5-3-12/h2-9H,10H2,1H3. The first-order chi connectivity index (χ1) is 10.6. The summed E-state index contributed by atoms with van der Waals surface area (Å²) in [6, 6.07) is 9.58. The highest BCUT2D eigenvalue weighted by Crippen LogP contribution is 2.18. The van der Waals surface area contributed by atoms with E-state index in [0.29, 0.717) is 29.0 Å². The average molecular weight is 296 g/mol. The molecular formula is C17H13FN2O2. The lowest BCUT2D eigenvalue weighted by Crippen LogP contribution is -1.98. The number of aromatic nitrogens is 2. The average Bonchev–Trinajstić information content (AvgIpc) is 2.53. The number of ether oxygens (including phenoxy) is 1. The molecule has 0 aliphatic rings. The Morgan fingerprint density at radius 3 is 2.50 bits per heavy atom. The zero-order valence-electron chi connectivity index (χ0n) is 11.9. The number of hydrogen-bond donors (Lipinski definition) is 0. The number of Topliss-reactive ketones (excluding diaryl/α,β-unsaturated/α-hetero) is 1. The molecule has 110 valence electrons. The Kier molecular flexibility index (Phi) is 3.78. The Hall–Kier alpha value is -2.82. The molecule has 0 bridgehead atoms. The van der Waals surface area contributed by atoms with Crippen LogP contribution in [0.2, 0.25) is 0 Å². The van der Waals surface area contributed by atoms with E-state index in [4.69, 9.17) is 4.74 Å². The first-order valence-electron chi connectivity index (χ1n) is 6.76. The summed E-state index contributed by atoms with van der Waals surface area (Å²) in [5, 5.41) is 0. The van der Waals surface area contributed by atoms with Crippen molar-refractivity contribution in [2.45, 2.75) is 13.5 Å². The fourth-order valence-electron chi connectivity index (χ4n) is 2.00. The quantitative estimate of drug-likeness (QED) is 0.691. The maximum absolute atomic E-state index is 12.8. The predicted octanol–water partition coefficient (Wildman–Crippen LogP) is 3.55. The Morgan fingerprint density at radius 1 is 1.09 bits per heavy atom. The van der Waals surface area contributed by atoms with Gasteiger partial charge in [0.05, 0.1) is 17.2 Å². The van der Waals surface area contributed by atoms with E-state index < -0.39 is 0 Å². The molecule has 0 amide bonds. The number of nitrogens with zero attached hydrogens (tertiary/aromatic N) is 2. The van der Waals surface area contributed by atoms with Crippen molar-refractivity contribution >= 4 is 16.8 Å². The number of hydrogen-bond acceptors (Lipinski definition) is 4. The van der Waals surface area contributed by atoms with E-state index in [2.05, 4.69) is 9.97 Å². The number of rotatable bonds is 4. The van der Waals surface area contributed by atoms with Gasteiger partial charge in [-0.15, -0.1) is 0 Å². The van der Waals surface area contributed by atoms with Gasteiger partial charge in [0.25, 0.3) is 0 Å². The van der Waals surface area contributed by atoms with E-state index in [1.54, 1.807) is 30.5 Å². The summed E-state index contributed by atoms with van der Waals surface area (Å²) in [6.45, 7) is 1.81. The van der Waals surface area contributed by atoms with E-state index in [-0.39, 0.29) is 11.6 Å². The normalized spacial score (nSPS) is 10.6. The minimum absolute atomic E-state index is 0.0483. The molecule has 5 heteroatoms. The van der Waals surface area contributed by atoms with E-state index in [1.807, 2.05) is 0 Å². The number of carbonyl (C=O) groups is 1. The Morgan fingerprint density at radius 2 is 1.77 bits per heavy atom. The minimum Gasteiger partial charge on any atom is -0.487 e. The molecule has 4 nitrogen and oxygen atoms in total. The molecule has 1 aromatic carbocycles. The first-order valence-corrected chi connectivity index (χ1v) is 6.76. The second kappa shape index (κ2) is 5.89. The zero-order chi connectivity index (χ0) is 15.5. The number of benzene rings is 1. The van der Waals surface area contributed by atoms with E-state index in [1.165, 1.54) is 25.3 Å². The van der Waals surface area contributed by atoms with Gasteiger partial charge in [-0.25, -0.2) is 4.39 Å². The summed E-state index contributed by atoms with van der Waals surface area (Å²) in [5.41, 5.74) is 2.69. The summed E-state index contributed by atoms with van der Waals surface area (Å²) >= 11 is 0. The molecule has 0 saturated carbocycles. The lowest BCUT2D eigenvalue weighted by atomic mass is 10.2. The van der Waals surface area contributed by atoms with Crippen LogP contribution in [0.3, 0.4) is 0 Å². The number of halogens is 1. The van der Waals surface area contributed by atoms with Gasteiger partial charge in [0.1, 0.15) is 18.2 Å². The maximum Gasteiger partial charge on any atom is 0.161 e. The van der Waals surface area contributed by atoms with E-state index in [9.17, 15) is 9.18 Å². The van der Waals surface area contributed by atoms with Crippen LogP contribution in [0.5, 0.6) is 5.75 Å². The molecule has 2 heterocycles. The lowest BCUT2D eigenvalue weighted by molar-refractivity contribution is 0.101. The van der Waals surface area contributed by atoms with Crippen molar-refractivity contribution in [1.82, 2.24) is 9.97 Å². The van der Waals surface area contributed by atoms with Crippen molar-refractivity contribution in [3.05, 3.63) is 65.7 Å². The predicted molar refractivity (Wildman–Crippen MR) is 80.3 cm³/mol. The molecule has 0 saturated heterocycles. The fourth-order valence-corrected chi connectivity index (χ4v) is 2.00. The van der Waals surface area contributed by atoms with Crippen LogP contribution in [-0.4, -0.2) is 15.8 Å². The third kappa shape index (κ3) is 3.09. The van der Waals surface area contributed by atoms with Gasteiger partial charge in [-0.05, 0) is 30.7 Å². The third-order valence-corrected chi connectivity index (χ3v) is 3.23. The van der Waals surface area contributed by atoms with Gasteiger partial charge in [0, 0.05) is 17.8 Å². The Labute approximate surface area is 126 Å².